The molecule has 12 unspecified atom stereocenters. The van der Waals surface area contributed by atoms with Crippen molar-refractivity contribution in [1.29, 1.82) is 0 Å². The molecule has 0 saturated carbocycles. The molecule has 0 spiro atoms. The highest BCUT2D eigenvalue weighted by Gasteiger charge is 2.53. The molecule has 0 aromatic carbocycles. The molecule has 23 N–H and O–H groups in total. The average molecular weight is 1450 g/mol. The number of hydrogen-bond donors (Lipinski definition) is 23. The maximum absolute atomic E-state index is 11.2. The van der Waals surface area contributed by atoms with Crippen LogP contribution in [-0.2, 0) is 52.1 Å². The minimum atomic E-state index is -1.84. The Morgan fingerprint density at radius 3 is 1.24 bits per heavy atom. The molecule has 39 heteroatoms. The van der Waals surface area contributed by atoms with Gasteiger partial charge in [0.2, 0.25) is 0 Å². The molecule has 34 nitrogen and oxygen atoms in total. The minimum absolute atomic E-state index is 0.00674. The maximum Gasteiger partial charge on any atom is 0.187 e. The van der Waals surface area contributed by atoms with Gasteiger partial charge in [-0.3, -0.25) is 0 Å². The fourth-order valence-electron chi connectivity index (χ4n) is 10.9. The Morgan fingerprint density at radius 1 is 0.409 bits per heavy atom. The van der Waals surface area contributed by atoms with Gasteiger partial charge in [0.1, 0.15) is 144 Å². The SMILES string of the molecule is C[C@@H]1C(CSCCNC(=S)NCC(COCCCS[C@@H]2OC(CO)[C@@H](O)[C@H](O)C2O)(COCCCS[C@@H]2OC(CO)[C@@H](O)[C@H](O)C2O)COCCCS[C@@H]2OC(CO)[C@@H](O[C@@H]3OC(CO)[C@H](O)[C@H](O)C3O)[C@H](O)C2O)O[C@H](O[C@@H]2C(CO)O[C@H](O)C(O)[C@H]2O)C(O)[C@H]1O. The number of thiocarbonyl (C=S) groups is 1. The van der Waals surface area contributed by atoms with Gasteiger partial charge < -0.3 is 170 Å². The van der Waals surface area contributed by atoms with E-state index in [1.807, 2.05) is 0 Å². The summed E-state index contributed by atoms with van der Waals surface area (Å²) in [6.45, 7) is -0.942. The van der Waals surface area contributed by atoms with Crippen LogP contribution >= 0.6 is 59.3 Å². The Morgan fingerprint density at radius 2 is 0.785 bits per heavy atom. The lowest BCUT2D eigenvalue weighted by Crippen LogP contribution is -2.64. The van der Waals surface area contributed by atoms with E-state index in [4.69, 9.17) is 64.3 Å². The molecule has 6 rings (SSSR count). The Kier molecular flexibility index (Phi) is 35.6. The molecular formula is C54H98N2O32S5. The fourth-order valence-corrected chi connectivity index (χ4v) is 15.3. The molecular weight excluding hydrogens is 1350 g/mol. The number of rotatable bonds is 37. The Hall–Kier alpha value is -0.190. The van der Waals surface area contributed by atoms with E-state index in [9.17, 15) is 107 Å². The summed E-state index contributed by atoms with van der Waals surface area (Å²) in [5, 5.41) is 224. The lowest BCUT2D eigenvalue weighted by molar-refractivity contribution is -0.347. The zero-order valence-electron chi connectivity index (χ0n) is 51.1. The van der Waals surface area contributed by atoms with Crippen molar-refractivity contribution < 1.29 is 159 Å². The van der Waals surface area contributed by atoms with Crippen LogP contribution in [0.15, 0.2) is 0 Å². The molecule has 546 valence electrons. The third kappa shape index (κ3) is 22.4. The minimum Gasteiger partial charge on any atom is -0.394 e. The van der Waals surface area contributed by atoms with Crippen LogP contribution in [0.4, 0.5) is 0 Å². The van der Waals surface area contributed by atoms with Crippen LogP contribution in [0, 0.1) is 11.3 Å². The Balaban J connectivity index is 1.07. The molecule has 6 heterocycles. The molecule has 6 aliphatic rings. The van der Waals surface area contributed by atoms with Crippen LogP contribution in [0.25, 0.3) is 0 Å². The van der Waals surface area contributed by atoms with Crippen molar-refractivity contribution in [2.45, 2.75) is 202 Å². The summed E-state index contributed by atoms with van der Waals surface area (Å²) in [4.78, 5) is 0. The van der Waals surface area contributed by atoms with Crippen molar-refractivity contribution in [3.05, 3.63) is 0 Å². The van der Waals surface area contributed by atoms with Crippen LogP contribution in [-0.4, -0.2) is 402 Å². The predicted molar refractivity (Wildman–Crippen MR) is 331 cm³/mol. The quantitative estimate of drug-likeness (QED) is 0.0203. The van der Waals surface area contributed by atoms with Crippen molar-refractivity contribution in [3.8, 4) is 0 Å². The van der Waals surface area contributed by atoms with Crippen LogP contribution in [0.3, 0.4) is 0 Å². The molecule has 6 fully saturated rings. The Labute approximate surface area is 559 Å². The fraction of sp³-hybridized carbons (Fsp3) is 0.981. The van der Waals surface area contributed by atoms with Crippen LogP contribution < -0.4 is 10.6 Å². The summed E-state index contributed by atoms with van der Waals surface area (Å²) in [6, 6.07) is 0. The second kappa shape index (κ2) is 40.5. The monoisotopic (exact) mass is 1450 g/mol. The van der Waals surface area contributed by atoms with E-state index in [1.165, 1.54) is 11.8 Å². The highest BCUT2D eigenvalue weighted by atomic mass is 32.2. The predicted octanol–water partition coefficient (Wildman–Crippen LogP) is -10.3. The second-order valence-corrected chi connectivity index (χ2v) is 28.8. The third-order valence-corrected chi connectivity index (χ3v) is 21.7. The first kappa shape index (κ1) is 81.8. The van der Waals surface area contributed by atoms with E-state index in [1.54, 1.807) is 6.92 Å². The van der Waals surface area contributed by atoms with E-state index < -0.39 is 220 Å². The molecule has 0 aromatic heterocycles. The zero-order valence-corrected chi connectivity index (χ0v) is 55.2. The lowest BCUT2D eigenvalue weighted by Gasteiger charge is -2.46. The summed E-state index contributed by atoms with van der Waals surface area (Å²) in [7, 11) is 0. The van der Waals surface area contributed by atoms with Crippen LogP contribution in [0.5, 0.6) is 0 Å². The number of hydrogen-bond acceptors (Lipinski definition) is 37. The van der Waals surface area contributed by atoms with Crippen molar-refractivity contribution in [2.24, 2.45) is 11.3 Å². The van der Waals surface area contributed by atoms with Gasteiger partial charge in [-0.05, 0) is 48.7 Å². The number of nitrogens with one attached hydrogen (secondary N) is 2. The van der Waals surface area contributed by atoms with Crippen molar-refractivity contribution in [3.63, 3.8) is 0 Å². The van der Waals surface area contributed by atoms with Gasteiger partial charge in [0.15, 0.2) is 24.0 Å². The summed E-state index contributed by atoms with van der Waals surface area (Å²) < 4.78 is 64.2. The van der Waals surface area contributed by atoms with E-state index in [-0.39, 0.29) is 62.8 Å². The molecule has 6 aliphatic heterocycles. The van der Waals surface area contributed by atoms with Gasteiger partial charge in [0.25, 0.3) is 0 Å². The van der Waals surface area contributed by atoms with Crippen LogP contribution in [0.2, 0.25) is 0 Å². The molecule has 30 atom stereocenters. The maximum atomic E-state index is 11.2. The van der Waals surface area contributed by atoms with E-state index in [0.717, 1.165) is 35.3 Å². The van der Waals surface area contributed by atoms with Gasteiger partial charge in [-0.15, -0.1) is 35.3 Å². The first-order valence-corrected chi connectivity index (χ1v) is 35.4. The largest absolute Gasteiger partial charge is 0.394 e. The van der Waals surface area contributed by atoms with Gasteiger partial charge in [-0.2, -0.15) is 11.8 Å². The molecule has 93 heavy (non-hydrogen) atoms. The van der Waals surface area contributed by atoms with Crippen LogP contribution in [0.1, 0.15) is 26.2 Å². The summed E-state index contributed by atoms with van der Waals surface area (Å²) in [5.74, 6) is 1.09. The summed E-state index contributed by atoms with van der Waals surface area (Å²) >= 11 is 10.5. The van der Waals surface area contributed by atoms with Crippen molar-refractivity contribution in [1.82, 2.24) is 10.6 Å². The molecule has 0 aromatic rings. The highest BCUT2D eigenvalue weighted by molar-refractivity contribution is 8.00. The van der Waals surface area contributed by atoms with E-state index in [0.29, 0.717) is 43.1 Å². The molecule has 0 radical (unpaired) electrons. The second-order valence-electron chi connectivity index (χ2n) is 23.6. The number of aliphatic hydroxyl groups excluding tert-OH is 21. The van der Waals surface area contributed by atoms with E-state index >= 15 is 0 Å². The van der Waals surface area contributed by atoms with Gasteiger partial charge >= 0.3 is 0 Å². The topological polar surface area (TPSA) is 550 Å². The number of ether oxygens (including phenoxy) is 11. The summed E-state index contributed by atoms with van der Waals surface area (Å²) in [5.41, 5.74) is -4.06. The van der Waals surface area contributed by atoms with E-state index in [2.05, 4.69) is 10.6 Å². The number of thioether (sulfide) groups is 4. The number of aliphatic hydroxyl groups is 21. The smallest absolute Gasteiger partial charge is 0.187 e. The van der Waals surface area contributed by atoms with Crippen molar-refractivity contribution in [2.75, 3.05) is 115 Å². The lowest BCUT2D eigenvalue weighted by atomic mass is 9.90. The van der Waals surface area contributed by atoms with Gasteiger partial charge in [0, 0.05) is 50.3 Å². The average Bonchev–Trinajstić information content (AvgIpc) is 0.821. The van der Waals surface area contributed by atoms with Crippen molar-refractivity contribution >= 4 is 64.4 Å². The highest BCUT2D eigenvalue weighted by Crippen LogP contribution is 2.36. The van der Waals surface area contributed by atoms with Gasteiger partial charge in [0.05, 0.1) is 70.5 Å². The molecule has 6 saturated heterocycles. The molecule has 0 amide bonds. The normalized spacial score (nSPS) is 42.4. The third-order valence-electron chi connectivity index (χ3n) is 16.7. The Bertz CT molecular complexity index is 2060. The first-order valence-electron chi connectivity index (χ1n) is 30.7. The molecule has 0 bridgehead atoms. The van der Waals surface area contributed by atoms with Gasteiger partial charge in [-0.1, -0.05) is 6.92 Å². The first-order chi connectivity index (χ1) is 44.4. The molecule has 0 aliphatic carbocycles. The standard InChI is InChI=1S/C54H98N2O32S5/c1-23-29(83-48(40(72)30(23)62)87-45-27(16-60)81-47(77)39(71)37(45)69)18-90-12-5-55-53(89)56-19-54(20-78-6-2-9-91-50-42(74)35(67)32(64)25(14-58)84-50,21-79-7-3-10-92-51-43(75)36(68)33(65)26(15-59)85-51)22-80-8-4-11-93-52-44(76)38(70)46(28(17-61)86-52)88-49-41(73)34(66)31(63)24(13-57)82-49/h23-52,57-77H,2-22H2,1H3,(H2,55,56,89)/t23-,24?,25?,26?,27?,28?,29?,30+,31+,32-,33-,34+,35+,36+,37-,38-,39?,40?,41?,42?,43?,44?,45-,46-,47+,48-,49+,50+,51+,52+,54?/m1/s1. The van der Waals surface area contributed by atoms with Gasteiger partial charge in [-0.25, -0.2) is 0 Å². The zero-order chi connectivity index (χ0) is 68.3. The summed E-state index contributed by atoms with van der Waals surface area (Å²) in [6.07, 6.45) is -37.8.